The number of aromatic amines is 1. The Morgan fingerprint density at radius 2 is 2.27 bits per heavy atom. The van der Waals surface area contributed by atoms with Crippen molar-refractivity contribution in [2.24, 2.45) is 0 Å². The van der Waals surface area contributed by atoms with Gasteiger partial charge in [-0.15, -0.1) is 0 Å². The molecule has 2 N–H and O–H groups in total. The van der Waals surface area contributed by atoms with Crippen LogP contribution in [-0.4, -0.2) is 23.2 Å². The molecule has 1 aromatic heterocycles. The van der Waals surface area contributed by atoms with Crippen LogP contribution >= 0.6 is 0 Å². The van der Waals surface area contributed by atoms with Gasteiger partial charge in [-0.1, -0.05) is 0 Å². The van der Waals surface area contributed by atoms with Crippen LogP contribution < -0.4 is 4.74 Å². The van der Waals surface area contributed by atoms with Crippen LogP contribution in [-0.2, 0) is 0 Å². The molecule has 0 atom stereocenters. The minimum atomic E-state index is -1.09. The molecule has 1 aromatic carbocycles. The smallest absolute Gasteiger partial charge is 0.352 e. The Hall–Kier alpha value is -2.04. The molecular formula is C10H8FNO3. The largest absolute Gasteiger partial charge is 0.492 e. The maximum Gasteiger partial charge on any atom is 0.352 e. The number of aromatic carboxylic acids is 1. The summed E-state index contributed by atoms with van der Waals surface area (Å²) in [4.78, 5) is 13.3. The van der Waals surface area contributed by atoms with Crippen molar-refractivity contribution in [3.8, 4) is 5.75 Å². The normalized spacial score (nSPS) is 10.5. The summed E-state index contributed by atoms with van der Waals surface area (Å²) in [5, 5.41) is 9.36. The maximum atomic E-state index is 13.2. The molecule has 0 amide bonds. The molecule has 0 aliphatic carbocycles. The lowest BCUT2D eigenvalue weighted by molar-refractivity contribution is 0.0691. The molecule has 0 unspecified atom stereocenters. The van der Waals surface area contributed by atoms with E-state index in [9.17, 15) is 9.18 Å². The van der Waals surface area contributed by atoms with Crippen molar-refractivity contribution in [1.29, 1.82) is 0 Å². The monoisotopic (exact) mass is 209 g/mol. The summed E-state index contributed by atoms with van der Waals surface area (Å²) in [7, 11) is 1.33. The molecule has 0 aliphatic heterocycles. The van der Waals surface area contributed by atoms with Gasteiger partial charge in [-0.25, -0.2) is 9.18 Å². The molecule has 0 aliphatic rings. The van der Waals surface area contributed by atoms with Crippen molar-refractivity contribution in [3.63, 3.8) is 0 Å². The number of halogens is 1. The van der Waals surface area contributed by atoms with Crippen LogP contribution in [0.5, 0.6) is 5.75 Å². The van der Waals surface area contributed by atoms with Crippen LogP contribution in [0.1, 0.15) is 10.5 Å². The van der Waals surface area contributed by atoms with E-state index >= 15 is 0 Å². The van der Waals surface area contributed by atoms with Gasteiger partial charge in [-0.3, -0.25) is 0 Å². The molecule has 0 fully saturated rings. The van der Waals surface area contributed by atoms with Gasteiger partial charge in [0.2, 0.25) is 0 Å². The topological polar surface area (TPSA) is 62.3 Å². The Kier molecular flexibility index (Phi) is 2.07. The number of hydrogen-bond donors (Lipinski definition) is 2. The van der Waals surface area contributed by atoms with Crippen LogP contribution in [0.2, 0.25) is 0 Å². The summed E-state index contributed by atoms with van der Waals surface area (Å²) in [5.74, 6) is -1.59. The van der Waals surface area contributed by atoms with Crippen molar-refractivity contribution >= 4 is 16.9 Å². The molecule has 0 spiro atoms. The van der Waals surface area contributed by atoms with Crippen molar-refractivity contribution in [2.75, 3.05) is 7.11 Å². The van der Waals surface area contributed by atoms with Gasteiger partial charge in [0.05, 0.1) is 12.6 Å². The lowest BCUT2D eigenvalue weighted by Crippen LogP contribution is -1.95. The number of ether oxygens (including phenoxy) is 1. The highest BCUT2D eigenvalue weighted by Gasteiger charge is 2.13. The molecule has 2 rings (SSSR count). The lowest BCUT2D eigenvalue weighted by atomic mass is 10.2. The maximum absolute atomic E-state index is 13.2. The van der Waals surface area contributed by atoms with Gasteiger partial charge in [0.1, 0.15) is 5.69 Å². The quantitative estimate of drug-likeness (QED) is 0.795. The average Bonchev–Trinajstić information content (AvgIpc) is 2.61. The number of benzene rings is 1. The summed E-state index contributed by atoms with van der Waals surface area (Å²) >= 11 is 0. The molecule has 0 saturated heterocycles. The van der Waals surface area contributed by atoms with E-state index in [1.165, 1.54) is 25.3 Å². The average molecular weight is 209 g/mol. The zero-order valence-electron chi connectivity index (χ0n) is 7.87. The van der Waals surface area contributed by atoms with Crippen LogP contribution in [0.25, 0.3) is 10.9 Å². The van der Waals surface area contributed by atoms with Gasteiger partial charge in [0.25, 0.3) is 0 Å². The zero-order chi connectivity index (χ0) is 11.0. The molecule has 0 radical (unpaired) electrons. The van der Waals surface area contributed by atoms with Gasteiger partial charge >= 0.3 is 5.97 Å². The number of nitrogens with one attached hydrogen (secondary N) is 1. The predicted molar refractivity (Wildman–Crippen MR) is 51.8 cm³/mol. The predicted octanol–water partition coefficient (Wildman–Crippen LogP) is 2.01. The first-order valence-electron chi connectivity index (χ1n) is 4.22. The summed E-state index contributed by atoms with van der Waals surface area (Å²) in [6, 6.07) is 4.16. The number of methoxy groups -OCH3 is 1. The first-order chi connectivity index (χ1) is 7.13. The second-order valence-corrected chi connectivity index (χ2v) is 3.03. The Morgan fingerprint density at radius 1 is 1.53 bits per heavy atom. The van der Waals surface area contributed by atoms with E-state index in [4.69, 9.17) is 9.84 Å². The molecule has 0 bridgehead atoms. The zero-order valence-corrected chi connectivity index (χ0v) is 7.87. The lowest BCUT2D eigenvalue weighted by Gasteiger charge is -2.02. The van der Waals surface area contributed by atoms with Crippen LogP contribution in [0.3, 0.4) is 0 Å². The number of fused-ring (bicyclic) bond motifs is 1. The fraction of sp³-hybridized carbons (Fsp3) is 0.100. The first kappa shape index (κ1) is 9.51. The number of hydrogen-bond acceptors (Lipinski definition) is 2. The third-order valence-electron chi connectivity index (χ3n) is 2.14. The third kappa shape index (κ3) is 1.41. The highest BCUT2D eigenvalue weighted by molar-refractivity contribution is 5.95. The molecule has 4 nitrogen and oxygen atoms in total. The fourth-order valence-corrected chi connectivity index (χ4v) is 1.46. The van der Waals surface area contributed by atoms with Gasteiger partial charge in [0, 0.05) is 5.39 Å². The van der Waals surface area contributed by atoms with Crippen LogP contribution in [0.15, 0.2) is 18.2 Å². The number of carboxylic acid groups (broad SMARTS) is 1. The van der Waals surface area contributed by atoms with Crippen molar-refractivity contribution in [3.05, 3.63) is 29.7 Å². The van der Waals surface area contributed by atoms with Gasteiger partial charge in [-0.05, 0) is 18.2 Å². The van der Waals surface area contributed by atoms with E-state index in [-0.39, 0.29) is 11.4 Å². The number of rotatable bonds is 2. The van der Waals surface area contributed by atoms with Crippen molar-refractivity contribution in [2.45, 2.75) is 0 Å². The number of aromatic nitrogens is 1. The van der Waals surface area contributed by atoms with Gasteiger partial charge in [0.15, 0.2) is 11.6 Å². The molecule has 0 saturated carbocycles. The van der Waals surface area contributed by atoms with Crippen molar-refractivity contribution in [1.82, 2.24) is 4.98 Å². The molecule has 1 heterocycles. The van der Waals surface area contributed by atoms with E-state index < -0.39 is 11.8 Å². The first-order valence-corrected chi connectivity index (χ1v) is 4.22. The molecule has 15 heavy (non-hydrogen) atoms. The van der Waals surface area contributed by atoms with E-state index in [1.54, 1.807) is 0 Å². The minimum Gasteiger partial charge on any atom is -0.492 e. The molecule has 5 heteroatoms. The summed E-state index contributed by atoms with van der Waals surface area (Å²) in [5.41, 5.74) is 0.365. The Morgan fingerprint density at radius 3 is 2.87 bits per heavy atom. The minimum absolute atomic E-state index is 0.00824. The van der Waals surface area contributed by atoms with E-state index in [0.29, 0.717) is 10.9 Å². The summed E-state index contributed by atoms with van der Waals surface area (Å²) < 4.78 is 18.1. The second-order valence-electron chi connectivity index (χ2n) is 3.03. The molecular weight excluding hydrogens is 201 g/mol. The Bertz CT molecular complexity index is 533. The van der Waals surface area contributed by atoms with Crippen molar-refractivity contribution < 1.29 is 19.0 Å². The third-order valence-corrected chi connectivity index (χ3v) is 2.14. The number of carboxylic acids is 1. The Balaban J connectivity index is 2.75. The van der Waals surface area contributed by atoms with Gasteiger partial charge < -0.3 is 14.8 Å². The molecule has 78 valence electrons. The second kappa shape index (κ2) is 3.27. The fourth-order valence-electron chi connectivity index (χ4n) is 1.46. The summed E-state index contributed by atoms with van der Waals surface area (Å²) in [6.07, 6.45) is 0. The number of carbonyl (C=O) groups is 1. The van der Waals surface area contributed by atoms with Crippen LogP contribution in [0.4, 0.5) is 4.39 Å². The van der Waals surface area contributed by atoms with E-state index in [0.717, 1.165) is 0 Å². The standard InChI is InChI=1S/C10H8FNO3/c1-15-9-6(11)3-2-5-4-7(10(13)14)12-8(5)9/h2-4,12H,1H3,(H,13,14). The Labute approximate surface area is 84.3 Å². The van der Waals surface area contributed by atoms with Gasteiger partial charge in [-0.2, -0.15) is 0 Å². The summed E-state index contributed by atoms with van der Waals surface area (Å²) in [6.45, 7) is 0. The van der Waals surface area contributed by atoms with Crippen LogP contribution in [0, 0.1) is 5.82 Å². The highest BCUT2D eigenvalue weighted by Crippen LogP contribution is 2.28. The SMILES string of the molecule is COc1c(F)ccc2cc(C(=O)O)[nH]c12. The van der Waals surface area contributed by atoms with E-state index in [2.05, 4.69) is 4.98 Å². The number of H-pyrrole nitrogens is 1. The highest BCUT2D eigenvalue weighted by atomic mass is 19.1. The van der Waals surface area contributed by atoms with E-state index in [1.807, 2.05) is 0 Å². The molecule has 2 aromatic rings.